The van der Waals surface area contributed by atoms with Crippen molar-refractivity contribution in [3.8, 4) is 0 Å². The van der Waals surface area contributed by atoms with Crippen LogP contribution in [0.1, 0.15) is 5.82 Å². The monoisotopic (exact) mass is 232 g/mol. The lowest BCUT2D eigenvalue weighted by Crippen LogP contribution is -2.32. The molecule has 1 aromatic carbocycles. The van der Waals surface area contributed by atoms with Crippen LogP contribution in [0.2, 0.25) is 0 Å². The minimum absolute atomic E-state index is 0.139. The lowest BCUT2D eigenvalue weighted by Gasteiger charge is -2.23. The quantitative estimate of drug-likeness (QED) is 0.791. The second-order valence-corrected chi connectivity index (χ2v) is 4.33. The van der Waals surface area contributed by atoms with Crippen molar-refractivity contribution in [1.82, 2.24) is 9.55 Å². The third kappa shape index (κ3) is 2.06. The third-order valence-electron chi connectivity index (χ3n) is 3.12. The molecule has 3 rings (SSSR count). The van der Waals surface area contributed by atoms with Crippen molar-refractivity contribution in [3.05, 3.63) is 30.1 Å². The number of hydrogen-bond acceptors (Lipinski definition) is 3. The molecule has 1 atom stereocenters. The largest absolute Gasteiger partial charge is 0.376 e. The molecule has 0 spiro atoms. The maximum Gasteiger partial charge on any atom is 0.106 e. The maximum absolute atomic E-state index is 5.68. The van der Waals surface area contributed by atoms with E-state index in [-0.39, 0.29) is 6.10 Å². The molecule has 17 heavy (non-hydrogen) atoms. The SMILES string of the molecule is Cc1nc2ccccc2n1CC1COCCO1. The van der Waals surface area contributed by atoms with Gasteiger partial charge < -0.3 is 14.0 Å². The lowest BCUT2D eigenvalue weighted by molar-refractivity contribution is -0.0934. The van der Waals surface area contributed by atoms with Crippen LogP contribution >= 0.6 is 0 Å². The number of rotatable bonds is 2. The van der Waals surface area contributed by atoms with Crippen LogP contribution in [0, 0.1) is 6.92 Å². The van der Waals surface area contributed by atoms with Crippen LogP contribution in [-0.4, -0.2) is 35.5 Å². The topological polar surface area (TPSA) is 36.3 Å². The number of imidazole rings is 1. The van der Waals surface area contributed by atoms with Gasteiger partial charge in [0.05, 0.1) is 43.5 Å². The van der Waals surface area contributed by atoms with Crippen LogP contribution in [0.25, 0.3) is 11.0 Å². The summed E-state index contributed by atoms with van der Waals surface area (Å²) in [6.45, 7) is 4.92. The molecule has 0 aliphatic carbocycles. The van der Waals surface area contributed by atoms with Crippen molar-refractivity contribution >= 4 is 11.0 Å². The minimum atomic E-state index is 0.139. The van der Waals surface area contributed by atoms with Crippen LogP contribution in [0.5, 0.6) is 0 Å². The fourth-order valence-corrected chi connectivity index (χ4v) is 2.27. The summed E-state index contributed by atoms with van der Waals surface area (Å²) in [4.78, 5) is 4.55. The molecule has 4 heteroatoms. The second-order valence-electron chi connectivity index (χ2n) is 4.33. The van der Waals surface area contributed by atoms with E-state index in [1.807, 2.05) is 25.1 Å². The number of para-hydroxylation sites is 2. The van der Waals surface area contributed by atoms with Gasteiger partial charge in [-0.05, 0) is 19.1 Å². The highest BCUT2D eigenvalue weighted by atomic mass is 16.6. The van der Waals surface area contributed by atoms with Gasteiger partial charge in [-0.15, -0.1) is 0 Å². The van der Waals surface area contributed by atoms with Crippen molar-refractivity contribution in [2.75, 3.05) is 19.8 Å². The number of hydrogen-bond donors (Lipinski definition) is 0. The highest BCUT2D eigenvalue weighted by Crippen LogP contribution is 2.17. The first kappa shape index (κ1) is 10.7. The van der Waals surface area contributed by atoms with Crippen LogP contribution < -0.4 is 0 Å². The van der Waals surface area contributed by atoms with E-state index in [1.165, 1.54) is 5.52 Å². The van der Waals surface area contributed by atoms with Gasteiger partial charge in [0.25, 0.3) is 0 Å². The Bertz CT molecular complexity index is 515. The van der Waals surface area contributed by atoms with Gasteiger partial charge >= 0.3 is 0 Å². The van der Waals surface area contributed by atoms with Crippen LogP contribution in [0.15, 0.2) is 24.3 Å². The van der Waals surface area contributed by atoms with Crippen LogP contribution in [0.3, 0.4) is 0 Å². The minimum Gasteiger partial charge on any atom is -0.376 e. The molecule has 0 radical (unpaired) electrons. The fraction of sp³-hybridized carbons (Fsp3) is 0.462. The summed E-state index contributed by atoms with van der Waals surface area (Å²) in [7, 11) is 0. The summed E-state index contributed by atoms with van der Waals surface area (Å²) in [5.41, 5.74) is 2.21. The van der Waals surface area contributed by atoms with E-state index >= 15 is 0 Å². The zero-order valence-electron chi connectivity index (χ0n) is 9.93. The predicted octanol–water partition coefficient (Wildman–Crippen LogP) is 1.76. The average Bonchev–Trinajstić information content (AvgIpc) is 2.68. The van der Waals surface area contributed by atoms with Crippen molar-refractivity contribution in [2.45, 2.75) is 19.6 Å². The first-order valence-corrected chi connectivity index (χ1v) is 5.96. The molecule has 2 aromatic rings. The van der Waals surface area contributed by atoms with Gasteiger partial charge in [0, 0.05) is 0 Å². The Kier molecular flexibility index (Phi) is 2.82. The summed E-state index contributed by atoms with van der Waals surface area (Å²) in [6, 6.07) is 8.19. The van der Waals surface area contributed by atoms with Gasteiger partial charge in [0.1, 0.15) is 5.82 Å². The number of nitrogens with zero attached hydrogens (tertiary/aromatic N) is 2. The van der Waals surface area contributed by atoms with E-state index < -0.39 is 0 Å². The molecule has 1 aliphatic rings. The van der Waals surface area contributed by atoms with Crippen LogP contribution in [-0.2, 0) is 16.0 Å². The molecule has 1 aliphatic heterocycles. The summed E-state index contributed by atoms with van der Waals surface area (Å²) >= 11 is 0. The second kappa shape index (κ2) is 4.47. The Morgan fingerprint density at radius 3 is 3.06 bits per heavy atom. The molecular formula is C13H16N2O2. The van der Waals surface area contributed by atoms with Crippen molar-refractivity contribution in [1.29, 1.82) is 0 Å². The number of fused-ring (bicyclic) bond motifs is 1. The first-order chi connectivity index (χ1) is 8.34. The summed E-state index contributed by atoms with van der Waals surface area (Å²) < 4.78 is 13.3. The predicted molar refractivity (Wildman–Crippen MR) is 65.0 cm³/mol. The number of benzene rings is 1. The number of aromatic nitrogens is 2. The van der Waals surface area contributed by atoms with E-state index in [2.05, 4.69) is 15.6 Å². The molecule has 90 valence electrons. The van der Waals surface area contributed by atoms with Gasteiger partial charge in [-0.1, -0.05) is 12.1 Å². The molecule has 0 N–H and O–H groups in total. The molecule has 0 amide bonds. The molecule has 0 saturated carbocycles. The molecule has 1 unspecified atom stereocenters. The normalized spacial score (nSPS) is 20.9. The molecule has 4 nitrogen and oxygen atoms in total. The maximum atomic E-state index is 5.68. The molecule has 1 aromatic heterocycles. The average molecular weight is 232 g/mol. The highest BCUT2D eigenvalue weighted by molar-refractivity contribution is 5.75. The van der Waals surface area contributed by atoms with Gasteiger partial charge in [0.2, 0.25) is 0 Å². The number of ether oxygens (including phenoxy) is 2. The Labute approximate surface area is 100 Å². The zero-order chi connectivity index (χ0) is 11.7. The molecule has 2 heterocycles. The Balaban J connectivity index is 1.90. The van der Waals surface area contributed by atoms with Crippen molar-refractivity contribution < 1.29 is 9.47 Å². The Morgan fingerprint density at radius 2 is 2.24 bits per heavy atom. The van der Waals surface area contributed by atoms with Crippen molar-refractivity contribution in [3.63, 3.8) is 0 Å². The fourth-order valence-electron chi connectivity index (χ4n) is 2.27. The highest BCUT2D eigenvalue weighted by Gasteiger charge is 2.17. The standard InChI is InChI=1S/C13H16N2O2/c1-10-14-12-4-2-3-5-13(12)15(10)8-11-9-16-6-7-17-11/h2-5,11H,6-9H2,1H3. The van der Waals surface area contributed by atoms with Crippen molar-refractivity contribution in [2.24, 2.45) is 0 Å². The Hall–Kier alpha value is -1.39. The van der Waals surface area contributed by atoms with Gasteiger partial charge in [-0.2, -0.15) is 0 Å². The van der Waals surface area contributed by atoms with E-state index in [0.29, 0.717) is 19.8 Å². The Morgan fingerprint density at radius 1 is 1.35 bits per heavy atom. The molecule has 0 bridgehead atoms. The lowest BCUT2D eigenvalue weighted by atomic mass is 10.3. The molecular weight excluding hydrogens is 216 g/mol. The summed E-state index contributed by atoms with van der Waals surface area (Å²) in [5, 5.41) is 0. The van der Waals surface area contributed by atoms with Gasteiger partial charge in [-0.3, -0.25) is 0 Å². The van der Waals surface area contributed by atoms with E-state index in [0.717, 1.165) is 17.9 Å². The van der Waals surface area contributed by atoms with Gasteiger partial charge in [-0.25, -0.2) is 4.98 Å². The smallest absolute Gasteiger partial charge is 0.106 e. The summed E-state index contributed by atoms with van der Waals surface area (Å²) in [6.07, 6.45) is 0.139. The number of aryl methyl sites for hydroxylation is 1. The van der Waals surface area contributed by atoms with E-state index in [1.54, 1.807) is 0 Å². The van der Waals surface area contributed by atoms with E-state index in [4.69, 9.17) is 9.47 Å². The molecule has 1 saturated heterocycles. The third-order valence-corrected chi connectivity index (χ3v) is 3.12. The van der Waals surface area contributed by atoms with Gasteiger partial charge in [0.15, 0.2) is 0 Å². The van der Waals surface area contributed by atoms with Crippen LogP contribution in [0.4, 0.5) is 0 Å². The van der Waals surface area contributed by atoms with E-state index in [9.17, 15) is 0 Å². The summed E-state index contributed by atoms with van der Waals surface area (Å²) in [5.74, 6) is 1.03. The zero-order valence-corrected chi connectivity index (χ0v) is 9.93. The first-order valence-electron chi connectivity index (χ1n) is 5.96. The molecule has 1 fully saturated rings.